The number of anilines is 1. The van der Waals surface area contributed by atoms with Crippen LogP contribution < -0.4 is 5.32 Å². The molecule has 1 atom stereocenters. The Hall–Kier alpha value is -1.15. The molecule has 2 rings (SSSR count). The molecular weight excluding hydrogens is 383 g/mol. The Morgan fingerprint density at radius 1 is 1.36 bits per heavy atom. The van der Waals surface area contributed by atoms with Gasteiger partial charge in [-0.1, -0.05) is 29.3 Å². The number of amides is 1. The monoisotopic (exact) mass is 402 g/mol. The number of thiophene rings is 1. The fourth-order valence-corrected chi connectivity index (χ4v) is 3.13. The highest BCUT2D eigenvalue weighted by atomic mass is 35.5. The summed E-state index contributed by atoms with van der Waals surface area (Å²) in [5.41, 5.74) is 0.577. The Labute approximate surface area is 161 Å². The van der Waals surface area contributed by atoms with Crippen LogP contribution in [0.5, 0.6) is 0 Å². The summed E-state index contributed by atoms with van der Waals surface area (Å²) in [7, 11) is 1.76. The maximum Gasteiger partial charge on any atom is 0.238 e. The summed E-state index contributed by atoms with van der Waals surface area (Å²) >= 11 is 13.4. The number of nitrogens with zero attached hydrogens (tertiary/aromatic N) is 1. The van der Waals surface area contributed by atoms with E-state index < -0.39 is 6.10 Å². The molecule has 0 aliphatic heterocycles. The number of benzene rings is 1. The third-order valence-corrected chi connectivity index (χ3v) is 4.86. The van der Waals surface area contributed by atoms with Gasteiger partial charge in [0.25, 0.3) is 0 Å². The molecule has 8 heteroatoms. The fourth-order valence-electron chi connectivity index (χ4n) is 2.19. The van der Waals surface area contributed by atoms with Crippen molar-refractivity contribution in [3.8, 4) is 0 Å². The molecule has 0 aliphatic rings. The van der Waals surface area contributed by atoms with Gasteiger partial charge in [0.05, 0.1) is 35.9 Å². The lowest BCUT2D eigenvalue weighted by Crippen LogP contribution is -2.37. The Morgan fingerprint density at radius 3 is 2.84 bits per heavy atom. The summed E-state index contributed by atoms with van der Waals surface area (Å²) in [6, 6.07) is 8.84. The molecule has 0 saturated heterocycles. The van der Waals surface area contributed by atoms with Crippen LogP contribution in [-0.4, -0.2) is 48.8 Å². The molecule has 1 aromatic heterocycles. The molecule has 5 nitrogen and oxygen atoms in total. The number of rotatable bonds is 9. The Morgan fingerprint density at radius 2 is 2.16 bits per heavy atom. The fraction of sp³-hybridized carbons (Fsp3) is 0.353. The lowest BCUT2D eigenvalue weighted by Gasteiger charge is -2.20. The van der Waals surface area contributed by atoms with Gasteiger partial charge < -0.3 is 15.2 Å². The molecule has 0 fully saturated rings. The first-order valence-electron chi connectivity index (χ1n) is 7.65. The average Bonchev–Trinajstić information content (AvgIpc) is 3.04. The van der Waals surface area contributed by atoms with Gasteiger partial charge in [0.2, 0.25) is 5.91 Å². The van der Waals surface area contributed by atoms with Gasteiger partial charge in [0, 0.05) is 17.1 Å². The molecule has 0 aliphatic carbocycles. The van der Waals surface area contributed by atoms with Crippen LogP contribution >= 0.6 is 34.5 Å². The standard InChI is InChI=1S/C17H20Cl2N2O3S/c1-21(8-13(22)10-24-11-14-3-2-6-25-14)9-17(23)20-12-4-5-15(18)16(19)7-12/h2-7,13,22H,8-11H2,1H3,(H,20,23). The second-order valence-electron chi connectivity index (χ2n) is 5.62. The minimum absolute atomic E-state index is 0.141. The van der Waals surface area contributed by atoms with Gasteiger partial charge in [-0.25, -0.2) is 0 Å². The number of ether oxygens (including phenoxy) is 1. The van der Waals surface area contributed by atoms with Gasteiger partial charge in [-0.15, -0.1) is 11.3 Å². The molecule has 25 heavy (non-hydrogen) atoms. The number of nitrogens with one attached hydrogen (secondary N) is 1. The van der Waals surface area contributed by atoms with Gasteiger partial charge in [-0.3, -0.25) is 9.69 Å². The molecule has 0 spiro atoms. The van der Waals surface area contributed by atoms with E-state index >= 15 is 0 Å². The summed E-state index contributed by atoms with van der Waals surface area (Å²) in [6.07, 6.45) is -0.664. The molecule has 0 radical (unpaired) electrons. The number of hydrogen-bond donors (Lipinski definition) is 2. The van der Waals surface area contributed by atoms with E-state index in [-0.39, 0.29) is 19.1 Å². The van der Waals surface area contributed by atoms with Crippen LogP contribution in [0.3, 0.4) is 0 Å². The van der Waals surface area contributed by atoms with Gasteiger partial charge in [0.1, 0.15) is 0 Å². The normalized spacial score (nSPS) is 12.4. The number of hydrogen-bond acceptors (Lipinski definition) is 5. The third kappa shape index (κ3) is 7.32. The third-order valence-electron chi connectivity index (χ3n) is 3.27. The van der Waals surface area contributed by atoms with E-state index in [4.69, 9.17) is 27.9 Å². The largest absolute Gasteiger partial charge is 0.389 e. The lowest BCUT2D eigenvalue weighted by atomic mass is 10.3. The maximum atomic E-state index is 12.0. The predicted molar refractivity (Wildman–Crippen MR) is 103 cm³/mol. The van der Waals surface area contributed by atoms with Gasteiger partial charge in [0.15, 0.2) is 0 Å². The van der Waals surface area contributed by atoms with Gasteiger partial charge >= 0.3 is 0 Å². The Balaban J connectivity index is 1.68. The van der Waals surface area contributed by atoms with Crippen LogP contribution in [0.25, 0.3) is 0 Å². The van der Waals surface area contributed by atoms with Crippen molar-refractivity contribution in [2.75, 3.05) is 32.1 Å². The Kier molecular flexibility index (Phi) is 8.15. The van der Waals surface area contributed by atoms with Crippen molar-refractivity contribution in [3.63, 3.8) is 0 Å². The summed E-state index contributed by atoms with van der Waals surface area (Å²) in [6.45, 7) is 1.17. The number of carbonyl (C=O) groups is 1. The van der Waals surface area contributed by atoms with Crippen LogP contribution in [0.2, 0.25) is 10.0 Å². The zero-order valence-electron chi connectivity index (χ0n) is 13.7. The van der Waals surface area contributed by atoms with E-state index in [9.17, 15) is 9.90 Å². The predicted octanol–water partition coefficient (Wildman–Crippen LogP) is 3.50. The van der Waals surface area contributed by atoms with Gasteiger partial charge in [-0.2, -0.15) is 0 Å². The van der Waals surface area contributed by atoms with E-state index in [1.807, 2.05) is 17.5 Å². The zero-order chi connectivity index (χ0) is 18.2. The van der Waals surface area contributed by atoms with Crippen LogP contribution in [0.1, 0.15) is 4.88 Å². The zero-order valence-corrected chi connectivity index (χ0v) is 16.1. The maximum absolute atomic E-state index is 12.0. The van der Waals surface area contributed by atoms with E-state index in [1.165, 1.54) is 0 Å². The van der Waals surface area contributed by atoms with Crippen molar-refractivity contribution >= 4 is 46.1 Å². The first kappa shape index (κ1) is 20.2. The molecule has 1 amide bonds. The summed E-state index contributed by atoms with van der Waals surface area (Å²) < 4.78 is 5.47. The number of carbonyl (C=O) groups excluding carboxylic acids is 1. The molecule has 0 bridgehead atoms. The first-order valence-corrected chi connectivity index (χ1v) is 9.29. The molecule has 136 valence electrons. The second kappa shape index (κ2) is 10.1. The van der Waals surface area contributed by atoms with E-state index in [0.29, 0.717) is 28.9 Å². The van der Waals surface area contributed by atoms with Crippen molar-refractivity contribution < 1.29 is 14.6 Å². The Bertz CT molecular complexity index is 683. The highest BCUT2D eigenvalue weighted by Crippen LogP contribution is 2.24. The highest BCUT2D eigenvalue weighted by molar-refractivity contribution is 7.09. The number of halogens is 2. The first-order chi connectivity index (χ1) is 11.9. The van der Waals surface area contributed by atoms with E-state index in [2.05, 4.69) is 5.32 Å². The van der Waals surface area contributed by atoms with Crippen molar-refractivity contribution in [1.29, 1.82) is 0 Å². The number of likely N-dealkylation sites (N-methyl/N-ethyl adjacent to an activating group) is 1. The quantitative estimate of drug-likeness (QED) is 0.673. The van der Waals surface area contributed by atoms with Crippen LogP contribution in [0.15, 0.2) is 35.7 Å². The second-order valence-corrected chi connectivity index (χ2v) is 7.47. The highest BCUT2D eigenvalue weighted by Gasteiger charge is 2.12. The van der Waals surface area contributed by atoms with Crippen molar-refractivity contribution in [1.82, 2.24) is 4.90 Å². The van der Waals surface area contributed by atoms with E-state index in [0.717, 1.165) is 4.88 Å². The SMILES string of the molecule is CN(CC(=O)Nc1ccc(Cl)c(Cl)c1)CC(O)COCc1cccs1. The summed E-state index contributed by atoms with van der Waals surface area (Å²) in [5, 5.41) is 15.5. The van der Waals surface area contributed by atoms with Crippen LogP contribution in [0, 0.1) is 0 Å². The minimum Gasteiger partial charge on any atom is -0.389 e. The van der Waals surface area contributed by atoms with Crippen LogP contribution in [-0.2, 0) is 16.1 Å². The van der Waals surface area contributed by atoms with Gasteiger partial charge in [-0.05, 0) is 36.7 Å². The number of aliphatic hydroxyl groups is 1. The number of aliphatic hydroxyl groups excluding tert-OH is 1. The minimum atomic E-state index is -0.664. The van der Waals surface area contributed by atoms with Crippen molar-refractivity contribution in [2.45, 2.75) is 12.7 Å². The summed E-state index contributed by atoms with van der Waals surface area (Å²) in [5.74, 6) is -0.201. The molecule has 0 saturated carbocycles. The topological polar surface area (TPSA) is 61.8 Å². The smallest absolute Gasteiger partial charge is 0.238 e. The molecule has 2 N–H and O–H groups in total. The molecular formula is C17H20Cl2N2O3S. The van der Waals surface area contributed by atoms with Crippen LogP contribution in [0.4, 0.5) is 5.69 Å². The average molecular weight is 403 g/mol. The van der Waals surface area contributed by atoms with Crippen molar-refractivity contribution in [3.05, 3.63) is 50.6 Å². The van der Waals surface area contributed by atoms with E-state index in [1.54, 1.807) is 41.5 Å². The van der Waals surface area contributed by atoms with Crippen molar-refractivity contribution in [2.24, 2.45) is 0 Å². The summed E-state index contributed by atoms with van der Waals surface area (Å²) in [4.78, 5) is 14.9. The molecule has 1 aromatic carbocycles. The molecule has 2 aromatic rings. The lowest BCUT2D eigenvalue weighted by molar-refractivity contribution is -0.117. The molecule has 1 heterocycles. The molecule has 1 unspecified atom stereocenters.